The van der Waals surface area contributed by atoms with E-state index in [2.05, 4.69) is 53.5 Å². The summed E-state index contributed by atoms with van der Waals surface area (Å²) in [5.41, 5.74) is 0. The van der Waals surface area contributed by atoms with Crippen LogP contribution in [0.4, 0.5) is 4.79 Å². The first-order chi connectivity index (χ1) is 13.5. The zero-order chi connectivity index (χ0) is 21.4. The first kappa shape index (κ1) is 28.1. The van der Waals surface area contributed by atoms with E-state index in [4.69, 9.17) is 0 Å². The molecule has 0 aliphatic rings. The van der Waals surface area contributed by atoms with Crippen molar-refractivity contribution in [1.82, 2.24) is 9.80 Å². The molecule has 1 atom stereocenters. The third-order valence-corrected chi connectivity index (χ3v) is 24.2. The van der Waals surface area contributed by atoms with Gasteiger partial charge in [0.05, 0.1) is 0 Å². The Hall–Kier alpha value is 0.0687. The van der Waals surface area contributed by atoms with Crippen molar-refractivity contribution in [2.75, 3.05) is 20.1 Å². The third-order valence-electron chi connectivity index (χ3n) is 6.68. The van der Waals surface area contributed by atoms with Gasteiger partial charge in [0.1, 0.15) is 0 Å². The van der Waals surface area contributed by atoms with Crippen molar-refractivity contribution >= 4 is 24.4 Å². The maximum atomic E-state index is 13.3. The van der Waals surface area contributed by atoms with E-state index in [1.807, 2.05) is 4.90 Å². The topological polar surface area (TPSA) is 23.6 Å². The van der Waals surface area contributed by atoms with Crippen LogP contribution in [0, 0.1) is 0 Å². The molecular weight excluding hydrogens is 451 g/mol. The van der Waals surface area contributed by atoms with E-state index in [0.717, 1.165) is 13.1 Å². The first-order valence-corrected chi connectivity index (χ1v) is 20.2. The fourth-order valence-electron chi connectivity index (χ4n) is 4.81. The molecule has 0 aromatic heterocycles. The molecule has 1 unspecified atom stereocenters. The van der Waals surface area contributed by atoms with Crippen molar-refractivity contribution in [3.8, 4) is 0 Å². The Bertz CT molecular complexity index is 363. The van der Waals surface area contributed by atoms with Crippen LogP contribution in [0.15, 0.2) is 0 Å². The summed E-state index contributed by atoms with van der Waals surface area (Å²) < 4.78 is 5.03. The van der Waals surface area contributed by atoms with Crippen LogP contribution in [-0.4, -0.2) is 58.4 Å². The van der Waals surface area contributed by atoms with Gasteiger partial charge in [-0.05, 0) is 0 Å². The molecule has 0 aromatic carbocycles. The standard InChI is InChI=1S/C12H25N2O.3C4H9.Sn/c1-5-8-9-10-11-13(4)12(15)14(6-2)7-3;3*1-3-4-2;/h11H,5-10H2,1-4H3;3*1,3-4H2,2H3;. The Kier molecular flexibility index (Phi) is 16.9. The quantitative estimate of drug-likeness (QED) is 0.147. The second-order valence-electron chi connectivity index (χ2n) is 8.75. The molecule has 0 heterocycles. The Morgan fingerprint density at radius 3 is 1.50 bits per heavy atom. The van der Waals surface area contributed by atoms with E-state index in [1.165, 1.54) is 77.5 Å². The van der Waals surface area contributed by atoms with Crippen LogP contribution in [0.1, 0.15) is 106 Å². The van der Waals surface area contributed by atoms with E-state index in [-0.39, 0.29) is 6.03 Å². The molecule has 4 heteroatoms. The van der Waals surface area contributed by atoms with Gasteiger partial charge in [-0.15, -0.1) is 0 Å². The van der Waals surface area contributed by atoms with E-state index >= 15 is 0 Å². The van der Waals surface area contributed by atoms with Crippen molar-refractivity contribution in [3.05, 3.63) is 0 Å². The SMILES string of the molecule is CCCCC[CH](N(C)C(=O)N(CC)CC)[Sn]([CH2]CCC)([CH2]CCC)[CH2]CCC. The second kappa shape index (κ2) is 16.8. The maximum absolute atomic E-state index is 13.3. The molecule has 3 nitrogen and oxygen atoms in total. The molecule has 0 bridgehead atoms. The number of hydrogen-bond acceptors (Lipinski definition) is 1. The fourth-order valence-corrected chi connectivity index (χ4v) is 23.9. The van der Waals surface area contributed by atoms with Gasteiger partial charge in [0.25, 0.3) is 0 Å². The first-order valence-electron chi connectivity index (χ1n) is 12.5. The second-order valence-corrected chi connectivity index (χ2v) is 22.7. The van der Waals surface area contributed by atoms with Crippen LogP contribution in [0.2, 0.25) is 13.3 Å². The van der Waals surface area contributed by atoms with Gasteiger partial charge in [-0.2, -0.15) is 0 Å². The van der Waals surface area contributed by atoms with E-state index in [0.29, 0.717) is 4.06 Å². The minimum atomic E-state index is -2.50. The molecule has 0 N–H and O–H groups in total. The molecule has 28 heavy (non-hydrogen) atoms. The van der Waals surface area contributed by atoms with E-state index in [9.17, 15) is 4.79 Å². The molecule has 0 aliphatic carbocycles. The van der Waals surface area contributed by atoms with Crippen molar-refractivity contribution in [2.45, 2.75) is 123 Å². The number of urea groups is 1. The summed E-state index contributed by atoms with van der Waals surface area (Å²) in [6.07, 6.45) is 13.1. The summed E-state index contributed by atoms with van der Waals surface area (Å²) in [5.74, 6) is 0. The number of amides is 2. The van der Waals surface area contributed by atoms with Gasteiger partial charge < -0.3 is 0 Å². The summed E-state index contributed by atoms with van der Waals surface area (Å²) in [7, 11) is 2.15. The average Bonchev–Trinajstić information content (AvgIpc) is 2.71. The molecule has 0 aliphatic heterocycles. The van der Waals surface area contributed by atoms with Crippen LogP contribution >= 0.6 is 0 Å². The fraction of sp³-hybridized carbons (Fsp3) is 0.958. The summed E-state index contributed by atoms with van der Waals surface area (Å²) >= 11 is -2.50. The van der Waals surface area contributed by atoms with E-state index < -0.39 is 18.4 Å². The number of carbonyl (C=O) groups is 1. The van der Waals surface area contributed by atoms with Crippen molar-refractivity contribution in [3.63, 3.8) is 0 Å². The number of nitrogens with zero attached hydrogens (tertiary/aromatic N) is 2. The minimum absolute atomic E-state index is 0.289. The van der Waals surface area contributed by atoms with E-state index in [1.54, 1.807) is 0 Å². The summed E-state index contributed by atoms with van der Waals surface area (Å²) in [5, 5.41) is 0. The Labute approximate surface area is 181 Å². The molecule has 0 spiro atoms. The molecule has 0 saturated heterocycles. The van der Waals surface area contributed by atoms with Crippen molar-refractivity contribution < 1.29 is 4.79 Å². The molecular formula is C24H52N2OSn. The van der Waals surface area contributed by atoms with Gasteiger partial charge in [-0.25, -0.2) is 0 Å². The zero-order valence-corrected chi connectivity index (χ0v) is 23.3. The molecule has 0 saturated carbocycles. The van der Waals surface area contributed by atoms with Gasteiger partial charge in [0.2, 0.25) is 0 Å². The van der Waals surface area contributed by atoms with Crippen LogP contribution in [0.5, 0.6) is 0 Å². The molecule has 168 valence electrons. The summed E-state index contributed by atoms with van der Waals surface area (Å²) in [6, 6.07) is 0.289. The Morgan fingerprint density at radius 2 is 1.14 bits per heavy atom. The van der Waals surface area contributed by atoms with Gasteiger partial charge in [-0.3, -0.25) is 0 Å². The van der Waals surface area contributed by atoms with Crippen LogP contribution in [-0.2, 0) is 0 Å². The summed E-state index contributed by atoms with van der Waals surface area (Å²) in [4.78, 5) is 17.6. The zero-order valence-electron chi connectivity index (χ0n) is 20.5. The monoisotopic (exact) mass is 504 g/mol. The van der Waals surface area contributed by atoms with Crippen LogP contribution in [0.3, 0.4) is 0 Å². The molecule has 0 radical (unpaired) electrons. The Morgan fingerprint density at radius 1 is 0.714 bits per heavy atom. The normalized spacial score (nSPS) is 12.8. The average molecular weight is 503 g/mol. The Balaban J connectivity index is 5.89. The molecule has 0 rings (SSSR count). The van der Waals surface area contributed by atoms with Crippen LogP contribution < -0.4 is 0 Å². The van der Waals surface area contributed by atoms with Gasteiger partial charge in [0.15, 0.2) is 0 Å². The van der Waals surface area contributed by atoms with Gasteiger partial charge >= 0.3 is 182 Å². The summed E-state index contributed by atoms with van der Waals surface area (Å²) in [6.45, 7) is 15.2. The van der Waals surface area contributed by atoms with Crippen LogP contribution in [0.25, 0.3) is 0 Å². The number of unbranched alkanes of at least 4 members (excludes halogenated alkanes) is 5. The van der Waals surface area contributed by atoms with Crippen molar-refractivity contribution in [1.29, 1.82) is 0 Å². The van der Waals surface area contributed by atoms with Gasteiger partial charge in [0, 0.05) is 0 Å². The predicted molar refractivity (Wildman–Crippen MR) is 129 cm³/mol. The molecule has 2 amide bonds. The molecule has 0 aromatic rings. The number of carbonyl (C=O) groups excluding carboxylic acids is 1. The third kappa shape index (κ3) is 9.26. The van der Waals surface area contributed by atoms with Gasteiger partial charge in [-0.1, -0.05) is 0 Å². The number of rotatable bonds is 17. The predicted octanol–water partition coefficient (Wildman–Crippen LogP) is 7.72. The van der Waals surface area contributed by atoms with Crippen molar-refractivity contribution in [2.24, 2.45) is 0 Å². The number of hydrogen-bond donors (Lipinski definition) is 0. The molecule has 0 fully saturated rings.